The molecule has 0 aliphatic carbocycles. The second kappa shape index (κ2) is 11.6. The van der Waals surface area contributed by atoms with Crippen LogP contribution in [0.4, 0.5) is 0 Å². The fourth-order valence-electron chi connectivity index (χ4n) is 2.59. The maximum atomic E-state index is 5.94. The van der Waals surface area contributed by atoms with Gasteiger partial charge in [0.25, 0.3) is 0 Å². The lowest BCUT2D eigenvalue weighted by Gasteiger charge is -2.27. The number of aromatic nitrogens is 1. The Balaban J connectivity index is 0.00000280. The number of halogens is 1. The van der Waals surface area contributed by atoms with Crippen molar-refractivity contribution in [2.75, 3.05) is 26.8 Å². The average Bonchev–Trinajstić information content (AvgIpc) is 2.73. The van der Waals surface area contributed by atoms with Crippen LogP contribution in [0.15, 0.2) is 47.6 Å². The summed E-state index contributed by atoms with van der Waals surface area (Å²) in [7, 11) is 1.74. The molecule has 0 fully saturated rings. The average molecular weight is 498 g/mol. The molecule has 1 aliphatic rings. The Hall–Kier alpha value is -2.23. The molecule has 3 rings (SSSR count). The number of nitrogens with one attached hydrogen (secondary N) is 2. The molecular formula is C20H27IN4O3. The zero-order valence-corrected chi connectivity index (χ0v) is 18.5. The lowest BCUT2D eigenvalue weighted by Crippen LogP contribution is -2.45. The van der Waals surface area contributed by atoms with Crippen LogP contribution in [0.2, 0.25) is 0 Å². The van der Waals surface area contributed by atoms with Crippen LogP contribution in [-0.4, -0.2) is 43.9 Å². The molecular weight excluding hydrogens is 471 g/mol. The molecule has 0 bridgehead atoms. The number of nitrogens with zero attached hydrogens (tertiary/aromatic N) is 2. The van der Waals surface area contributed by atoms with Crippen molar-refractivity contribution in [2.45, 2.75) is 26.0 Å². The lowest BCUT2D eigenvalue weighted by molar-refractivity contribution is 0.0936. The van der Waals surface area contributed by atoms with Crippen LogP contribution in [0.5, 0.6) is 17.4 Å². The molecule has 1 aromatic carbocycles. The van der Waals surface area contributed by atoms with Gasteiger partial charge in [-0.25, -0.2) is 4.98 Å². The van der Waals surface area contributed by atoms with E-state index < -0.39 is 0 Å². The SMILES string of the molecule is CCCOc1ccc(CNC(=NC)NCC2COc3ccccc3O2)cn1.I. The molecule has 2 heterocycles. The summed E-state index contributed by atoms with van der Waals surface area (Å²) in [5, 5.41) is 6.54. The first-order valence-corrected chi connectivity index (χ1v) is 9.19. The number of fused-ring (bicyclic) bond motifs is 1. The van der Waals surface area contributed by atoms with Gasteiger partial charge in [-0.3, -0.25) is 4.99 Å². The van der Waals surface area contributed by atoms with Gasteiger partial charge in [0.1, 0.15) is 12.7 Å². The third-order valence-corrected chi connectivity index (χ3v) is 4.00. The van der Waals surface area contributed by atoms with Crippen molar-refractivity contribution in [1.29, 1.82) is 0 Å². The van der Waals surface area contributed by atoms with E-state index in [0.29, 0.717) is 38.1 Å². The van der Waals surface area contributed by atoms with Crippen LogP contribution in [-0.2, 0) is 6.54 Å². The summed E-state index contributed by atoms with van der Waals surface area (Å²) in [6.07, 6.45) is 2.70. The van der Waals surface area contributed by atoms with E-state index in [2.05, 4.69) is 27.5 Å². The van der Waals surface area contributed by atoms with Crippen molar-refractivity contribution >= 4 is 29.9 Å². The first kappa shape index (κ1) is 22.1. The highest BCUT2D eigenvalue weighted by Gasteiger charge is 2.20. The molecule has 1 atom stereocenters. The molecule has 1 aromatic heterocycles. The Labute approximate surface area is 182 Å². The summed E-state index contributed by atoms with van der Waals surface area (Å²) < 4.78 is 17.2. The van der Waals surface area contributed by atoms with E-state index in [1.54, 1.807) is 13.2 Å². The van der Waals surface area contributed by atoms with Crippen molar-refractivity contribution in [3.63, 3.8) is 0 Å². The van der Waals surface area contributed by atoms with Gasteiger partial charge in [-0.1, -0.05) is 25.1 Å². The molecule has 2 aromatic rings. The normalized spacial score (nSPS) is 15.4. The largest absolute Gasteiger partial charge is 0.486 e. The molecule has 1 aliphatic heterocycles. The first-order chi connectivity index (χ1) is 13.3. The van der Waals surface area contributed by atoms with Gasteiger partial charge in [0.2, 0.25) is 5.88 Å². The predicted octanol–water partition coefficient (Wildman–Crippen LogP) is 2.99. The number of pyridine rings is 1. The maximum Gasteiger partial charge on any atom is 0.213 e. The zero-order valence-electron chi connectivity index (χ0n) is 16.2. The van der Waals surface area contributed by atoms with Crippen molar-refractivity contribution in [3.8, 4) is 17.4 Å². The molecule has 7 nitrogen and oxygen atoms in total. The second-order valence-corrected chi connectivity index (χ2v) is 6.16. The fraction of sp³-hybridized carbons (Fsp3) is 0.400. The van der Waals surface area contributed by atoms with Crippen molar-refractivity contribution < 1.29 is 14.2 Å². The van der Waals surface area contributed by atoms with Crippen LogP contribution in [0, 0.1) is 0 Å². The molecule has 0 spiro atoms. The number of ether oxygens (including phenoxy) is 3. The molecule has 1 unspecified atom stereocenters. The van der Waals surface area contributed by atoms with Gasteiger partial charge in [-0.2, -0.15) is 0 Å². The lowest BCUT2D eigenvalue weighted by atomic mass is 10.2. The van der Waals surface area contributed by atoms with E-state index in [9.17, 15) is 0 Å². The number of benzene rings is 1. The van der Waals surface area contributed by atoms with E-state index in [1.165, 1.54) is 0 Å². The number of guanidine groups is 1. The van der Waals surface area contributed by atoms with Gasteiger partial charge in [0, 0.05) is 25.9 Å². The summed E-state index contributed by atoms with van der Waals surface area (Å²) in [5.41, 5.74) is 1.05. The van der Waals surface area contributed by atoms with Crippen molar-refractivity contribution in [3.05, 3.63) is 48.2 Å². The highest BCUT2D eigenvalue weighted by molar-refractivity contribution is 14.0. The van der Waals surface area contributed by atoms with Crippen LogP contribution in [0.25, 0.3) is 0 Å². The Morgan fingerprint density at radius 3 is 2.75 bits per heavy atom. The second-order valence-electron chi connectivity index (χ2n) is 6.16. The van der Waals surface area contributed by atoms with E-state index in [0.717, 1.165) is 23.5 Å². The molecule has 0 saturated carbocycles. The summed E-state index contributed by atoms with van der Waals surface area (Å²) in [6, 6.07) is 11.6. The van der Waals surface area contributed by atoms with Gasteiger partial charge in [-0.15, -0.1) is 24.0 Å². The highest BCUT2D eigenvalue weighted by Crippen LogP contribution is 2.30. The van der Waals surface area contributed by atoms with E-state index in [1.807, 2.05) is 36.4 Å². The maximum absolute atomic E-state index is 5.94. The van der Waals surface area contributed by atoms with Crippen molar-refractivity contribution in [1.82, 2.24) is 15.6 Å². The minimum atomic E-state index is -0.0740. The standard InChI is InChI=1S/C20H26N4O3.HI/c1-3-10-25-19-9-8-15(11-22-19)12-23-20(21-2)24-13-16-14-26-17-6-4-5-7-18(17)27-16;/h4-9,11,16H,3,10,12-14H2,1-2H3,(H2,21,23,24);1H. The molecule has 2 N–H and O–H groups in total. The monoisotopic (exact) mass is 498 g/mol. The number of hydrogen-bond acceptors (Lipinski definition) is 5. The quantitative estimate of drug-likeness (QED) is 0.348. The van der Waals surface area contributed by atoms with Crippen LogP contribution >= 0.6 is 24.0 Å². The summed E-state index contributed by atoms with van der Waals surface area (Å²) in [5.74, 6) is 2.91. The first-order valence-electron chi connectivity index (χ1n) is 9.19. The van der Waals surface area contributed by atoms with Crippen molar-refractivity contribution in [2.24, 2.45) is 4.99 Å². The molecule has 8 heteroatoms. The van der Waals surface area contributed by atoms with E-state index in [-0.39, 0.29) is 30.1 Å². The third-order valence-electron chi connectivity index (χ3n) is 4.00. The summed E-state index contributed by atoms with van der Waals surface area (Å²) >= 11 is 0. The molecule has 0 radical (unpaired) electrons. The Kier molecular flexibility index (Phi) is 9.12. The van der Waals surface area contributed by atoms with E-state index in [4.69, 9.17) is 14.2 Å². The predicted molar refractivity (Wildman–Crippen MR) is 120 cm³/mol. The number of para-hydroxylation sites is 2. The highest BCUT2D eigenvalue weighted by atomic mass is 127. The van der Waals surface area contributed by atoms with Gasteiger partial charge in [-0.05, 0) is 24.1 Å². The van der Waals surface area contributed by atoms with Crippen LogP contribution in [0.3, 0.4) is 0 Å². The molecule has 152 valence electrons. The number of rotatable bonds is 7. The zero-order chi connectivity index (χ0) is 18.9. The summed E-state index contributed by atoms with van der Waals surface area (Å²) in [4.78, 5) is 8.54. The fourth-order valence-corrected chi connectivity index (χ4v) is 2.59. The van der Waals surface area contributed by atoms with Crippen LogP contribution in [0.1, 0.15) is 18.9 Å². The Morgan fingerprint density at radius 2 is 2.04 bits per heavy atom. The van der Waals surface area contributed by atoms with Crippen LogP contribution < -0.4 is 24.8 Å². The van der Waals surface area contributed by atoms with Gasteiger partial charge in [0.05, 0.1) is 13.2 Å². The molecule has 0 amide bonds. The minimum Gasteiger partial charge on any atom is -0.486 e. The van der Waals surface area contributed by atoms with Gasteiger partial charge in [0.15, 0.2) is 17.5 Å². The third kappa shape index (κ3) is 6.43. The molecule has 0 saturated heterocycles. The van der Waals surface area contributed by atoms with Gasteiger partial charge >= 0.3 is 0 Å². The van der Waals surface area contributed by atoms with E-state index >= 15 is 0 Å². The summed E-state index contributed by atoms with van der Waals surface area (Å²) in [6.45, 7) is 4.46. The smallest absolute Gasteiger partial charge is 0.213 e. The Bertz CT molecular complexity index is 755. The minimum absolute atomic E-state index is 0. The number of aliphatic imine (C=N–C) groups is 1. The van der Waals surface area contributed by atoms with Gasteiger partial charge < -0.3 is 24.8 Å². The Morgan fingerprint density at radius 1 is 1.21 bits per heavy atom. The topological polar surface area (TPSA) is 77.0 Å². The number of hydrogen-bond donors (Lipinski definition) is 2. The molecule has 28 heavy (non-hydrogen) atoms.